The summed E-state index contributed by atoms with van der Waals surface area (Å²) >= 11 is 0. The summed E-state index contributed by atoms with van der Waals surface area (Å²) in [7, 11) is 3.32. The predicted molar refractivity (Wildman–Crippen MR) is 110 cm³/mol. The fourth-order valence-electron chi connectivity index (χ4n) is 2.68. The molecule has 0 saturated carbocycles. The van der Waals surface area contributed by atoms with Gasteiger partial charge in [-0.15, -0.1) is 0 Å². The number of halogens is 1. The van der Waals surface area contributed by atoms with Crippen LogP contribution in [0.4, 0.5) is 4.39 Å². The first kappa shape index (κ1) is 22.0. The van der Waals surface area contributed by atoms with Crippen LogP contribution < -0.4 is 20.5 Å². The number of aliphatic imine (C=N–C) groups is 1. The van der Waals surface area contributed by atoms with Crippen molar-refractivity contribution in [3.8, 4) is 11.5 Å². The Hall–Kier alpha value is -3.29. The molecule has 0 unspecified atom stereocenters. The number of hydrogen-bond acceptors (Lipinski definition) is 4. The molecule has 0 atom stereocenters. The minimum absolute atomic E-state index is 0.170. The first-order valence-electron chi connectivity index (χ1n) is 9.24. The summed E-state index contributed by atoms with van der Waals surface area (Å²) in [6.07, 6.45) is 0. The Balaban J connectivity index is 2.07. The summed E-state index contributed by atoms with van der Waals surface area (Å²) in [5, 5.41) is 3.23. The van der Waals surface area contributed by atoms with Gasteiger partial charge in [0.2, 0.25) is 0 Å². The number of amides is 1. The third-order valence-electron chi connectivity index (χ3n) is 4.02. The number of carbonyl (C=O) groups excluding carboxylic acids is 1. The summed E-state index contributed by atoms with van der Waals surface area (Å²) in [5.74, 6) is 0.540. The van der Waals surface area contributed by atoms with Gasteiger partial charge in [0, 0.05) is 20.1 Å². The van der Waals surface area contributed by atoms with Crippen LogP contribution in [-0.2, 0) is 17.9 Å². The molecule has 2 aromatic carbocycles. The maximum Gasteiger partial charge on any atom is 0.255 e. The molecule has 156 valence electrons. The number of nitrogens with zero attached hydrogens (tertiary/aromatic N) is 2. The highest BCUT2D eigenvalue weighted by Crippen LogP contribution is 2.19. The van der Waals surface area contributed by atoms with Crippen LogP contribution in [0.25, 0.3) is 0 Å². The monoisotopic (exact) mass is 402 g/mol. The number of ether oxygens (including phenoxy) is 2. The summed E-state index contributed by atoms with van der Waals surface area (Å²) in [6.45, 7) is 3.40. The molecule has 0 spiro atoms. The predicted octanol–water partition coefficient (Wildman–Crippen LogP) is 2.30. The minimum atomic E-state index is -0.528. The van der Waals surface area contributed by atoms with Gasteiger partial charge in [-0.2, -0.15) is 0 Å². The normalized spacial score (nSPS) is 11.1. The number of guanidine groups is 1. The lowest BCUT2D eigenvalue weighted by atomic mass is 10.2. The largest absolute Gasteiger partial charge is 0.494 e. The van der Waals surface area contributed by atoms with Crippen LogP contribution in [0.5, 0.6) is 11.5 Å². The van der Waals surface area contributed by atoms with Crippen molar-refractivity contribution < 1.29 is 18.7 Å². The van der Waals surface area contributed by atoms with Crippen molar-refractivity contribution >= 4 is 11.9 Å². The van der Waals surface area contributed by atoms with Crippen LogP contribution in [0.15, 0.2) is 47.5 Å². The number of primary amides is 1. The molecule has 2 aromatic rings. The number of rotatable bonds is 9. The molecule has 29 heavy (non-hydrogen) atoms. The molecule has 7 nitrogen and oxygen atoms in total. The Bertz CT molecular complexity index is 858. The Labute approximate surface area is 170 Å². The fourth-order valence-corrected chi connectivity index (χ4v) is 2.68. The van der Waals surface area contributed by atoms with Crippen molar-refractivity contribution in [3.05, 3.63) is 59.4 Å². The van der Waals surface area contributed by atoms with Gasteiger partial charge in [-0.25, -0.2) is 9.38 Å². The van der Waals surface area contributed by atoms with E-state index in [0.29, 0.717) is 31.3 Å². The second-order valence-electron chi connectivity index (χ2n) is 6.40. The van der Waals surface area contributed by atoms with E-state index in [1.54, 1.807) is 12.1 Å². The van der Waals surface area contributed by atoms with Crippen molar-refractivity contribution in [1.29, 1.82) is 0 Å². The van der Waals surface area contributed by atoms with Gasteiger partial charge in [-0.05, 0) is 42.3 Å². The van der Waals surface area contributed by atoms with E-state index >= 15 is 0 Å². The quantitative estimate of drug-likeness (QED) is 0.496. The lowest BCUT2D eigenvalue weighted by molar-refractivity contribution is -0.119. The zero-order valence-corrected chi connectivity index (χ0v) is 16.9. The third-order valence-corrected chi connectivity index (χ3v) is 4.02. The zero-order valence-electron chi connectivity index (χ0n) is 16.9. The first-order chi connectivity index (χ1) is 13.9. The number of methoxy groups -OCH3 is 1. The summed E-state index contributed by atoms with van der Waals surface area (Å²) in [5.41, 5.74) is 6.83. The highest BCUT2D eigenvalue weighted by Gasteiger charge is 2.09. The molecule has 0 radical (unpaired) electrons. The number of nitrogens with two attached hydrogens (primary N) is 1. The fraction of sp³-hybridized carbons (Fsp3) is 0.333. The van der Waals surface area contributed by atoms with Gasteiger partial charge in [0.05, 0.1) is 13.7 Å². The average molecular weight is 402 g/mol. The van der Waals surface area contributed by atoms with Crippen molar-refractivity contribution in [2.75, 3.05) is 27.3 Å². The summed E-state index contributed by atoms with van der Waals surface area (Å²) in [4.78, 5) is 17.4. The summed E-state index contributed by atoms with van der Waals surface area (Å²) < 4.78 is 24.2. The number of benzene rings is 2. The second kappa shape index (κ2) is 10.9. The molecule has 3 N–H and O–H groups in total. The third kappa shape index (κ3) is 6.99. The number of nitrogens with one attached hydrogen (secondary N) is 1. The number of carbonyl (C=O) groups is 1. The molecule has 0 fully saturated rings. The van der Waals surface area contributed by atoms with Crippen LogP contribution in [-0.4, -0.2) is 44.1 Å². The Kier molecular flexibility index (Phi) is 8.27. The molecule has 0 aromatic heterocycles. The molecule has 0 aliphatic heterocycles. The Morgan fingerprint density at radius 1 is 1.24 bits per heavy atom. The SMILES string of the molecule is CCNC(=NCc1cccc(OCC(N)=O)c1)N(C)Cc1ccc(OC)c(F)c1. The van der Waals surface area contributed by atoms with Gasteiger partial charge >= 0.3 is 0 Å². The van der Waals surface area contributed by atoms with Crippen LogP contribution in [0, 0.1) is 5.82 Å². The maximum atomic E-state index is 13.9. The smallest absolute Gasteiger partial charge is 0.255 e. The second-order valence-corrected chi connectivity index (χ2v) is 6.40. The van der Waals surface area contributed by atoms with E-state index in [-0.39, 0.29) is 12.4 Å². The lowest BCUT2D eigenvalue weighted by Gasteiger charge is -2.22. The van der Waals surface area contributed by atoms with Crippen LogP contribution in [0.3, 0.4) is 0 Å². The molecule has 0 bridgehead atoms. The highest BCUT2D eigenvalue weighted by atomic mass is 19.1. The maximum absolute atomic E-state index is 13.9. The minimum Gasteiger partial charge on any atom is -0.494 e. The molecule has 0 aliphatic carbocycles. The molecule has 1 amide bonds. The van der Waals surface area contributed by atoms with Crippen LogP contribution in [0.2, 0.25) is 0 Å². The Morgan fingerprint density at radius 2 is 2.03 bits per heavy atom. The van der Waals surface area contributed by atoms with Gasteiger partial charge < -0.3 is 25.4 Å². The van der Waals surface area contributed by atoms with Crippen molar-refractivity contribution in [1.82, 2.24) is 10.2 Å². The van der Waals surface area contributed by atoms with Gasteiger partial charge in [-0.3, -0.25) is 4.79 Å². The summed E-state index contributed by atoms with van der Waals surface area (Å²) in [6, 6.07) is 12.2. The van der Waals surface area contributed by atoms with E-state index in [1.807, 2.05) is 43.1 Å². The standard InChI is InChI=1S/C21H27FN4O3/c1-4-24-21(26(2)13-16-8-9-19(28-3)18(22)11-16)25-12-15-6-5-7-17(10-15)29-14-20(23)27/h5-11H,4,12-14H2,1-3H3,(H2,23,27)(H,24,25). The van der Waals surface area contributed by atoms with E-state index in [0.717, 1.165) is 11.1 Å². The van der Waals surface area contributed by atoms with E-state index in [1.165, 1.54) is 13.2 Å². The topological polar surface area (TPSA) is 89.2 Å². The van der Waals surface area contributed by atoms with Gasteiger partial charge in [0.25, 0.3) is 5.91 Å². The molecule has 0 heterocycles. The number of hydrogen-bond donors (Lipinski definition) is 2. The zero-order chi connectivity index (χ0) is 21.2. The average Bonchev–Trinajstić information content (AvgIpc) is 2.70. The Morgan fingerprint density at radius 3 is 2.69 bits per heavy atom. The molecule has 8 heteroatoms. The first-order valence-corrected chi connectivity index (χ1v) is 9.24. The van der Waals surface area contributed by atoms with E-state index in [9.17, 15) is 9.18 Å². The van der Waals surface area contributed by atoms with Gasteiger partial charge in [-0.1, -0.05) is 18.2 Å². The molecule has 2 rings (SSSR count). The van der Waals surface area contributed by atoms with Crippen LogP contribution >= 0.6 is 0 Å². The van der Waals surface area contributed by atoms with Gasteiger partial charge in [0.15, 0.2) is 24.1 Å². The lowest BCUT2D eigenvalue weighted by Crippen LogP contribution is -2.38. The van der Waals surface area contributed by atoms with Crippen molar-refractivity contribution in [2.45, 2.75) is 20.0 Å². The van der Waals surface area contributed by atoms with E-state index < -0.39 is 11.7 Å². The van der Waals surface area contributed by atoms with Crippen LogP contribution in [0.1, 0.15) is 18.1 Å². The van der Waals surface area contributed by atoms with E-state index in [4.69, 9.17) is 15.2 Å². The van der Waals surface area contributed by atoms with Gasteiger partial charge in [0.1, 0.15) is 5.75 Å². The molecular formula is C21H27FN4O3. The molecule has 0 saturated heterocycles. The molecular weight excluding hydrogens is 375 g/mol. The van der Waals surface area contributed by atoms with Crippen molar-refractivity contribution in [3.63, 3.8) is 0 Å². The van der Waals surface area contributed by atoms with E-state index in [2.05, 4.69) is 10.3 Å². The molecule has 0 aliphatic rings. The highest BCUT2D eigenvalue weighted by molar-refractivity contribution is 5.79. The van der Waals surface area contributed by atoms with Crippen molar-refractivity contribution in [2.24, 2.45) is 10.7 Å².